The van der Waals surface area contributed by atoms with E-state index >= 15 is 0 Å². The zero-order valence-electron chi connectivity index (χ0n) is 90.7. The molecule has 780 valence electrons. The number of ketones is 5. The predicted octanol–water partition coefficient (Wildman–Crippen LogP) is 29.8. The van der Waals surface area contributed by atoms with E-state index in [1.54, 1.807) is 29.8 Å². The van der Waals surface area contributed by atoms with Crippen LogP contribution in [0.5, 0.6) is 0 Å². The van der Waals surface area contributed by atoms with E-state index in [0.29, 0.717) is 138 Å². The third kappa shape index (κ3) is 20.2. The molecule has 1 aromatic carbocycles. The third-order valence-corrected chi connectivity index (χ3v) is 54.3. The van der Waals surface area contributed by atoms with Crippen LogP contribution in [0.3, 0.4) is 0 Å². The number of rotatable bonds is 7. The molecule has 138 heavy (non-hydrogen) atoms. The molecule has 1 aromatic rings. The minimum Gasteiger partial charge on any atom is -0.396 e. The Kier molecular flexibility index (Phi) is 33.5. The summed E-state index contributed by atoms with van der Waals surface area (Å²) in [7, 11) is -1.39. The van der Waals surface area contributed by atoms with Crippen molar-refractivity contribution in [3.8, 4) is 0 Å². The minimum atomic E-state index is -1.39. The largest absolute Gasteiger partial charge is 0.396 e. The molecule has 20 saturated carbocycles. The molecular weight excluding hydrogens is 1770 g/mol. The molecule has 0 radical (unpaired) electrons. The number of Topliss-reactive ketones (excluding diaryl/α,β-unsaturated/α-hetero) is 5. The average molecular weight is 1970 g/mol. The minimum absolute atomic E-state index is 0.00307. The van der Waals surface area contributed by atoms with Gasteiger partial charge in [-0.25, -0.2) is 0 Å². The van der Waals surface area contributed by atoms with Crippen LogP contribution in [0.4, 0.5) is 0 Å². The zero-order valence-corrected chi connectivity index (χ0v) is 93.2. The van der Waals surface area contributed by atoms with E-state index in [2.05, 4.69) is 123 Å². The highest BCUT2D eigenvalue weighted by molar-refractivity contribution is 7.20. The first-order valence-electron chi connectivity index (χ1n) is 58.3. The summed E-state index contributed by atoms with van der Waals surface area (Å²) < 4.78 is 4.94. The summed E-state index contributed by atoms with van der Waals surface area (Å²) in [6.07, 6.45) is 61.2. The first-order chi connectivity index (χ1) is 65.0. The van der Waals surface area contributed by atoms with Crippen LogP contribution in [0.15, 0.2) is 42.0 Å². The van der Waals surface area contributed by atoms with Crippen molar-refractivity contribution in [3.63, 3.8) is 0 Å². The molecule has 1 unspecified atom stereocenters. The highest BCUT2D eigenvalue weighted by Gasteiger charge is 2.69. The Morgan fingerprint density at radius 1 is 0.420 bits per heavy atom. The summed E-state index contributed by atoms with van der Waals surface area (Å²) in [5, 5.41) is 52.5. The van der Waals surface area contributed by atoms with Gasteiger partial charge in [-0.3, -0.25) is 28.8 Å². The number of fused-ring (bicyclic) bond motifs is 25. The Morgan fingerprint density at radius 2 is 0.746 bits per heavy atom. The number of aliphatic hydroxyl groups excluding tert-OH is 2. The van der Waals surface area contributed by atoms with Gasteiger partial charge in [-0.15, -0.1) is 0 Å². The number of allylic oxidation sites excluding steroid dienone is 2. The number of carbonyl (C=O) groups is 6. The number of aliphatic hydroxyl groups is 5. The van der Waals surface area contributed by atoms with Crippen molar-refractivity contribution in [1.82, 2.24) is 0 Å². The second-order valence-electron chi connectivity index (χ2n) is 55.3. The van der Waals surface area contributed by atoms with Crippen molar-refractivity contribution in [3.05, 3.63) is 47.5 Å². The topological polar surface area (TPSA) is 213 Å². The summed E-state index contributed by atoms with van der Waals surface area (Å²) in [4.78, 5) is 71.6. The molecule has 0 bridgehead atoms. The highest BCUT2D eigenvalue weighted by atomic mass is 35.6. The maximum atomic E-state index is 12.5. The lowest BCUT2D eigenvalue weighted by molar-refractivity contribution is -0.158. The summed E-state index contributed by atoms with van der Waals surface area (Å²) in [5.41, 5.74) is 3.73. The molecule has 21 fully saturated rings. The molecule has 5 N–H and O–H groups in total. The van der Waals surface area contributed by atoms with E-state index < -0.39 is 29.4 Å². The van der Waals surface area contributed by atoms with E-state index in [0.717, 1.165) is 225 Å². The maximum absolute atomic E-state index is 12.5. The van der Waals surface area contributed by atoms with E-state index in [1.165, 1.54) is 173 Å². The van der Waals surface area contributed by atoms with Crippen LogP contribution < -0.4 is 0 Å². The number of carbonyl (C=O) groups excluding carboxylic acids is 6. The second-order valence-corrected chi connectivity index (χ2v) is 62.9. The number of hydrogen-bond acceptors (Lipinski definition) is 12. The SMILES string of the molecule is C/C=C1/CC[C@H]2[C@@H]3CC[C@@H]4C[C@](C)(O)CC[C@]4(CC)[C@H]3CC[C@]12C.C1CCOC1.CC(C)(C)[Si](C)(C)Cl.CC[C@]12CCC(=O)C[C@H]1CC[C@@H]1[C@@H]2CC[C@]2(C)C(=O)CC[C@@H]12.CC[C@]12CC[C@@](C)(O)C[C@H]1CC[C@@H]1[C@@H]2CC[C@]2(C)C(=O)CC[C@@H]12.CC[C@]12CC[C@@](C)(O)C[C@H]1CC[C@H]1[C@@H]3CC[C@H](C(C)O)[C@@]3(C)CC[C@@H]12.C[C@]12CC[C@H]3[C@@H](CC[C@@H]4CC(=O)CC[C@@]43CO)[C@@H]1CCC2=O.O=C(Cl)c1ccccc1. The number of hydrogen-bond donors (Lipinski definition) is 5. The van der Waals surface area contributed by atoms with Crippen LogP contribution in [-0.2, 0) is 28.7 Å². The zero-order chi connectivity index (χ0) is 100.0. The molecule has 0 aromatic heterocycles. The molecule has 20 aliphatic carbocycles. The number of halogens is 2. The molecule has 0 amide bonds. The second kappa shape index (κ2) is 42.2. The predicted molar refractivity (Wildman–Crippen MR) is 564 cm³/mol. The Morgan fingerprint density at radius 3 is 1.08 bits per heavy atom. The molecule has 21 aliphatic rings. The van der Waals surface area contributed by atoms with Gasteiger partial charge in [-0.05, 0) is 491 Å². The van der Waals surface area contributed by atoms with E-state index in [9.17, 15) is 54.3 Å². The standard InChI is InChI=1S/C23H40O2.C23H38O.C21H34O2.C20H30O2.C19H28O3.C7H5ClO.C6H15ClSi.C4H8O/c1-5-23-13-12-21(3,25)14-16(23)6-7-17-19-9-8-18(15(2)24)22(19,4)11-10-20(17)23;1-5-16-8-10-19-18-9-7-17-15-21(3,24)13-14-23(17,6-2)20(18)11-12-22(16,19)4;1-4-21-12-11-19(2,23)13-14(21)5-6-15-16-7-8-18(22)20(16,3)10-9-17(15)21;1-3-20-11-8-14(21)12-13(20)4-5-15-16-6-7-18(22)19(16,2)10-9-17(15)20;1-18-8-7-16-14(15(18)4-5-17(18)22)3-2-12-10-13(21)6-9-19(12,16)11-20;8-7(9)6-4-2-1-3-5-6;1-6(2,3)8(4,5)7;1-2-4-5-3-1/h15-20,24-25H,5-14H2,1-4H3;5,17-20,24H,6-15H2,1-4H3;14-17,23H,4-13H2,1-3H3;13,15-17H,3-12H2,1-2H3;12,14-16,20H,2-11H2,1H3;1-5H;1-5H3;1-4H2/b;16-5-;;;;;;/t15?,16-,17+,18-,19+,20+,21-,22-,23+;17-,18+,19+,20+,21-,22-,23+;14-,15+,16+,17+,19-,20+,21+;13-,15+,16+,17+,19+,20+;12-,14+,15+,16+,18+,19-;;;/m11111.../s1. The first kappa shape index (κ1) is 110. The van der Waals surface area contributed by atoms with Gasteiger partial charge in [0.2, 0.25) is 0 Å². The molecule has 15 heteroatoms. The lowest BCUT2D eigenvalue weighted by atomic mass is 9.42. The van der Waals surface area contributed by atoms with Crippen molar-refractivity contribution >= 4 is 64.2 Å². The van der Waals surface area contributed by atoms with Gasteiger partial charge in [-0.2, -0.15) is 11.1 Å². The van der Waals surface area contributed by atoms with Crippen molar-refractivity contribution in [2.75, 3.05) is 19.8 Å². The molecule has 12 nitrogen and oxygen atoms in total. The monoisotopic (exact) mass is 1970 g/mol. The highest BCUT2D eigenvalue weighted by Crippen LogP contribution is 2.75. The van der Waals surface area contributed by atoms with Crippen LogP contribution in [0.25, 0.3) is 0 Å². The molecule has 1 aliphatic heterocycles. The van der Waals surface area contributed by atoms with Crippen LogP contribution in [0, 0.1) is 178 Å². The number of ether oxygens (including phenoxy) is 1. The van der Waals surface area contributed by atoms with Gasteiger partial charge in [0.25, 0.3) is 5.24 Å². The van der Waals surface area contributed by atoms with Gasteiger partial charge in [0.1, 0.15) is 28.9 Å². The average Bonchev–Trinajstić information content (AvgIpc) is 1.43. The summed E-state index contributed by atoms with van der Waals surface area (Å²) in [6, 6.07) is 8.74. The molecule has 0 spiro atoms. The van der Waals surface area contributed by atoms with E-state index in [-0.39, 0.29) is 34.4 Å². The molecule has 1 saturated heterocycles. The van der Waals surface area contributed by atoms with Crippen LogP contribution >= 0.6 is 22.7 Å². The van der Waals surface area contributed by atoms with Crippen molar-refractivity contribution in [2.45, 2.75) is 486 Å². The molecule has 22 rings (SSSR count). The van der Waals surface area contributed by atoms with Gasteiger partial charge in [0.15, 0.2) is 7.38 Å². The van der Waals surface area contributed by atoms with Gasteiger partial charge in [-0.1, -0.05) is 138 Å². The fourth-order valence-corrected chi connectivity index (χ4v) is 40.2. The third-order valence-electron chi connectivity index (χ3n) is 48.8. The lowest BCUT2D eigenvalue weighted by Crippen LogP contribution is -2.56. The van der Waals surface area contributed by atoms with E-state index in [4.69, 9.17) is 27.4 Å². The summed E-state index contributed by atoms with van der Waals surface area (Å²) in [5.74, 6) is 17.7. The van der Waals surface area contributed by atoms with Crippen LogP contribution in [0.2, 0.25) is 18.1 Å². The Balaban J connectivity index is 0.000000124. The quantitative estimate of drug-likeness (QED) is 0.0747. The lowest BCUT2D eigenvalue weighted by Gasteiger charge is -2.63. The molecular formula is C123H198Cl2O12Si. The first-order valence-corrected chi connectivity index (χ1v) is 62.7. The van der Waals surface area contributed by atoms with Gasteiger partial charge >= 0.3 is 0 Å². The number of benzene rings is 1. The smallest absolute Gasteiger partial charge is 0.252 e. The van der Waals surface area contributed by atoms with Crippen LogP contribution in [-0.4, -0.2) is 110 Å². The Labute approximate surface area is 849 Å². The van der Waals surface area contributed by atoms with Crippen molar-refractivity contribution in [2.24, 2.45) is 178 Å². The van der Waals surface area contributed by atoms with Crippen molar-refractivity contribution in [1.29, 1.82) is 0 Å². The van der Waals surface area contributed by atoms with Gasteiger partial charge < -0.3 is 30.3 Å². The Hall–Kier alpha value is -2.46. The van der Waals surface area contributed by atoms with Crippen molar-refractivity contribution < 1.29 is 59.0 Å². The van der Waals surface area contributed by atoms with Crippen LogP contribution in [0.1, 0.15) is 456 Å². The van der Waals surface area contributed by atoms with E-state index in [1.807, 2.05) is 19.9 Å². The summed E-state index contributed by atoms with van der Waals surface area (Å²) in [6.45, 7) is 45.2. The maximum Gasteiger partial charge on any atom is 0.252 e. The van der Waals surface area contributed by atoms with Gasteiger partial charge in [0.05, 0.1) is 22.9 Å². The normalized spacial score (nSPS) is 47.9. The fraction of sp³-hybridized carbons (Fsp3) is 0.886. The van der Waals surface area contributed by atoms with Gasteiger partial charge in [0, 0.05) is 92.0 Å². The summed E-state index contributed by atoms with van der Waals surface area (Å²) >= 11 is 11.3. The molecule has 35 atom stereocenters. The fourth-order valence-electron chi connectivity index (χ4n) is 40.1. The Bertz CT molecular complexity index is 4310. The molecule has 1 heterocycles.